The molecule has 1 aromatic carbocycles. The number of methoxy groups -OCH3 is 1. The summed E-state index contributed by atoms with van der Waals surface area (Å²) in [4.78, 5) is 36.4. The number of benzene rings is 1. The van der Waals surface area contributed by atoms with Crippen molar-refractivity contribution in [1.82, 2.24) is 9.78 Å². The average Bonchev–Trinajstić information content (AvgIpc) is 3.06. The Balaban J connectivity index is 2.28. The van der Waals surface area contributed by atoms with E-state index in [2.05, 4.69) is 5.10 Å². The van der Waals surface area contributed by atoms with E-state index < -0.39 is 11.9 Å². The topological polar surface area (TPSA) is 96.7 Å². The number of hydrogen-bond acceptors (Lipinski definition) is 7. The minimum atomic E-state index is -0.673. The van der Waals surface area contributed by atoms with Gasteiger partial charge in [0.05, 0.1) is 20.3 Å². The van der Waals surface area contributed by atoms with Crippen LogP contribution in [0.3, 0.4) is 0 Å². The van der Waals surface area contributed by atoms with E-state index in [1.165, 1.54) is 13.2 Å². The molecule has 1 aromatic heterocycles. The Morgan fingerprint density at radius 1 is 1.00 bits per heavy atom. The summed E-state index contributed by atoms with van der Waals surface area (Å²) in [5, 5.41) is 4.03. The molecule has 0 radical (unpaired) electrons. The predicted molar refractivity (Wildman–Crippen MR) is 91.5 cm³/mol. The first-order valence-corrected chi connectivity index (χ1v) is 8.09. The second-order valence-electron chi connectivity index (χ2n) is 5.17. The van der Waals surface area contributed by atoms with Crippen molar-refractivity contribution in [3.63, 3.8) is 0 Å². The molecule has 0 atom stereocenters. The lowest BCUT2D eigenvalue weighted by Gasteiger charge is -2.07. The fourth-order valence-corrected chi connectivity index (χ4v) is 2.22. The van der Waals surface area contributed by atoms with Crippen LogP contribution in [-0.2, 0) is 16.0 Å². The third kappa shape index (κ3) is 4.47. The molecule has 1 heterocycles. The van der Waals surface area contributed by atoms with E-state index in [4.69, 9.17) is 14.2 Å². The number of ketones is 1. The first-order chi connectivity index (χ1) is 12.5. The van der Waals surface area contributed by atoms with Crippen LogP contribution in [0.15, 0.2) is 30.3 Å². The monoisotopic (exact) mass is 360 g/mol. The normalized spacial score (nSPS) is 10.3. The fraction of sp³-hybridized carbons (Fsp3) is 0.333. The van der Waals surface area contributed by atoms with Gasteiger partial charge in [-0.2, -0.15) is 5.10 Å². The Kier molecular flexibility index (Phi) is 6.48. The zero-order valence-corrected chi connectivity index (χ0v) is 14.9. The minimum Gasteiger partial charge on any atom is -0.497 e. The van der Waals surface area contributed by atoms with Gasteiger partial charge in [-0.15, -0.1) is 0 Å². The molecule has 8 heteroatoms. The lowest BCUT2D eigenvalue weighted by Crippen LogP contribution is -2.18. The lowest BCUT2D eigenvalue weighted by molar-refractivity contribution is 0.0505. The molecule has 0 aliphatic rings. The quantitative estimate of drug-likeness (QED) is 0.525. The van der Waals surface area contributed by atoms with Gasteiger partial charge in [0.25, 0.3) is 0 Å². The lowest BCUT2D eigenvalue weighted by atomic mass is 10.1. The van der Waals surface area contributed by atoms with Gasteiger partial charge in [-0.3, -0.25) is 4.79 Å². The number of Topliss-reactive ketones (excluding diaryl/α,β-unsaturated/α-hetero) is 1. The Bertz CT molecular complexity index is 795. The van der Waals surface area contributed by atoms with E-state index in [1.807, 2.05) is 0 Å². The van der Waals surface area contributed by atoms with E-state index in [0.717, 1.165) is 4.68 Å². The van der Waals surface area contributed by atoms with Crippen molar-refractivity contribution < 1.29 is 28.6 Å². The Hall–Kier alpha value is -3.16. The minimum absolute atomic E-state index is 0.0109. The summed E-state index contributed by atoms with van der Waals surface area (Å²) in [6, 6.07) is 7.80. The van der Waals surface area contributed by atoms with E-state index >= 15 is 0 Å². The summed E-state index contributed by atoms with van der Waals surface area (Å²) in [6.07, 6.45) is 0. The summed E-state index contributed by atoms with van der Waals surface area (Å²) >= 11 is 0. The third-order valence-electron chi connectivity index (χ3n) is 3.45. The van der Waals surface area contributed by atoms with Crippen molar-refractivity contribution in [3.8, 4) is 5.75 Å². The highest BCUT2D eigenvalue weighted by Crippen LogP contribution is 2.14. The van der Waals surface area contributed by atoms with Crippen molar-refractivity contribution in [1.29, 1.82) is 0 Å². The van der Waals surface area contributed by atoms with Crippen LogP contribution in [0.5, 0.6) is 5.75 Å². The molecule has 0 aliphatic carbocycles. The smallest absolute Gasteiger partial charge is 0.358 e. The highest BCUT2D eigenvalue weighted by atomic mass is 16.5. The third-order valence-corrected chi connectivity index (χ3v) is 3.45. The molecule has 0 aliphatic heterocycles. The standard InChI is InChI=1S/C18H20N2O6/c1-4-25-17(22)14-10-15(18(23)26-5-2)20(19-14)11-16(21)12-6-8-13(24-3)9-7-12/h6-10H,4-5,11H2,1-3H3. The largest absolute Gasteiger partial charge is 0.497 e. The van der Waals surface area contributed by atoms with Crippen LogP contribution in [-0.4, -0.2) is 47.8 Å². The zero-order valence-electron chi connectivity index (χ0n) is 14.9. The van der Waals surface area contributed by atoms with Crippen LogP contribution in [0, 0.1) is 0 Å². The first-order valence-electron chi connectivity index (χ1n) is 8.09. The summed E-state index contributed by atoms with van der Waals surface area (Å²) < 4.78 is 16.1. The van der Waals surface area contributed by atoms with Crippen LogP contribution < -0.4 is 4.74 Å². The molecule has 138 valence electrons. The molecule has 0 fully saturated rings. The number of rotatable bonds is 8. The Labute approximate surface area is 150 Å². The van der Waals surface area contributed by atoms with Gasteiger partial charge < -0.3 is 14.2 Å². The molecule has 26 heavy (non-hydrogen) atoms. The Morgan fingerprint density at radius 2 is 1.62 bits per heavy atom. The van der Waals surface area contributed by atoms with Crippen molar-refractivity contribution in [2.75, 3.05) is 20.3 Å². The number of esters is 2. The molecular formula is C18H20N2O6. The number of ether oxygens (including phenoxy) is 3. The van der Waals surface area contributed by atoms with Crippen molar-refractivity contribution >= 4 is 17.7 Å². The molecule has 0 N–H and O–H groups in total. The molecule has 2 rings (SSSR count). The number of aromatic nitrogens is 2. The summed E-state index contributed by atoms with van der Waals surface area (Å²) in [7, 11) is 1.53. The maximum atomic E-state index is 12.5. The molecule has 0 saturated heterocycles. The van der Waals surface area contributed by atoms with E-state index in [9.17, 15) is 14.4 Å². The molecule has 2 aromatic rings. The average molecular weight is 360 g/mol. The van der Waals surface area contributed by atoms with Crippen LogP contribution in [0.2, 0.25) is 0 Å². The van der Waals surface area contributed by atoms with Gasteiger partial charge in [0, 0.05) is 11.6 Å². The Morgan fingerprint density at radius 3 is 2.19 bits per heavy atom. The zero-order chi connectivity index (χ0) is 19.1. The van der Waals surface area contributed by atoms with Crippen molar-refractivity contribution in [2.45, 2.75) is 20.4 Å². The number of carbonyl (C=O) groups is 3. The summed E-state index contributed by atoms with van der Waals surface area (Å²) in [6.45, 7) is 3.43. The highest BCUT2D eigenvalue weighted by molar-refractivity contribution is 5.97. The van der Waals surface area contributed by atoms with Crippen LogP contribution in [0.1, 0.15) is 45.2 Å². The van der Waals surface area contributed by atoms with Gasteiger partial charge in [-0.05, 0) is 38.1 Å². The van der Waals surface area contributed by atoms with E-state index in [0.29, 0.717) is 11.3 Å². The van der Waals surface area contributed by atoms with E-state index in [-0.39, 0.29) is 36.9 Å². The fourth-order valence-electron chi connectivity index (χ4n) is 2.22. The molecule has 0 amide bonds. The summed E-state index contributed by atoms with van der Waals surface area (Å²) in [5.74, 6) is -0.999. The van der Waals surface area contributed by atoms with Gasteiger partial charge in [0.2, 0.25) is 0 Å². The molecule has 0 saturated carbocycles. The maximum Gasteiger partial charge on any atom is 0.358 e. The molecule has 8 nitrogen and oxygen atoms in total. The summed E-state index contributed by atoms with van der Waals surface area (Å²) in [5.41, 5.74) is 0.378. The SMILES string of the molecule is CCOC(=O)c1cc(C(=O)OCC)n(CC(=O)c2ccc(OC)cc2)n1. The number of nitrogens with zero attached hydrogens (tertiary/aromatic N) is 2. The van der Waals surface area contributed by atoms with Crippen LogP contribution >= 0.6 is 0 Å². The van der Waals surface area contributed by atoms with Crippen molar-refractivity contribution in [2.24, 2.45) is 0 Å². The molecule has 0 unspecified atom stereocenters. The highest BCUT2D eigenvalue weighted by Gasteiger charge is 2.22. The van der Waals surface area contributed by atoms with Gasteiger partial charge in [0.15, 0.2) is 11.5 Å². The van der Waals surface area contributed by atoms with Crippen LogP contribution in [0.4, 0.5) is 0 Å². The van der Waals surface area contributed by atoms with Gasteiger partial charge in [0.1, 0.15) is 18.0 Å². The van der Waals surface area contributed by atoms with E-state index in [1.54, 1.807) is 38.1 Å². The van der Waals surface area contributed by atoms with Gasteiger partial charge in [-0.1, -0.05) is 0 Å². The number of carbonyl (C=O) groups excluding carboxylic acids is 3. The van der Waals surface area contributed by atoms with Crippen molar-refractivity contribution in [3.05, 3.63) is 47.3 Å². The predicted octanol–water partition coefficient (Wildman–Crippen LogP) is 2.13. The second kappa shape index (κ2) is 8.80. The number of hydrogen-bond donors (Lipinski definition) is 0. The first kappa shape index (κ1) is 19.2. The molecule has 0 spiro atoms. The second-order valence-corrected chi connectivity index (χ2v) is 5.17. The van der Waals surface area contributed by atoms with Gasteiger partial charge in [-0.25, -0.2) is 14.3 Å². The van der Waals surface area contributed by atoms with Crippen LogP contribution in [0.25, 0.3) is 0 Å². The maximum absolute atomic E-state index is 12.5. The molecule has 0 bridgehead atoms. The van der Waals surface area contributed by atoms with Gasteiger partial charge >= 0.3 is 11.9 Å². The molecular weight excluding hydrogens is 340 g/mol.